The van der Waals surface area contributed by atoms with Crippen LogP contribution in [-0.2, 0) is 0 Å². The molecule has 1 unspecified atom stereocenters. The van der Waals surface area contributed by atoms with Crippen molar-refractivity contribution in [2.75, 3.05) is 18.0 Å². The number of carbonyl (C=O) groups excluding carboxylic acids is 1. The second kappa shape index (κ2) is 7.47. The Hall–Kier alpha value is -3.54. The lowest BCUT2D eigenvalue weighted by Gasteiger charge is -2.33. The molecule has 2 aromatic heterocycles. The van der Waals surface area contributed by atoms with E-state index in [9.17, 15) is 4.79 Å². The summed E-state index contributed by atoms with van der Waals surface area (Å²) in [6.45, 7) is 1.71. The number of hydrogen-bond acceptors (Lipinski definition) is 3. The van der Waals surface area contributed by atoms with E-state index in [1.165, 1.54) is 0 Å². The van der Waals surface area contributed by atoms with Crippen LogP contribution >= 0.6 is 0 Å². The van der Waals surface area contributed by atoms with Gasteiger partial charge >= 0.3 is 0 Å². The van der Waals surface area contributed by atoms with E-state index in [1.54, 1.807) is 0 Å². The fourth-order valence-corrected chi connectivity index (χ4v) is 4.01. The second-order valence-corrected chi connectivity index (χ2v) is 7.54. The van der Waals surface area contributed by atoms with E-state index >= 15 is 0 Å². The Morgan fingerprint density at radius 3 is 2.90 bits per heavy atom. The third-order valence-electron chi connectivity index (χ3n) is 5.55. The molecule has 0 spiro atoms. The molecule has 0 aliphatic carbocycles. The predicted molar refractivity (Wildman–Crippen MR) is 115 cm³/mol. The standard InChI is InChI=1S/C23H23N5O/c29-23(18-8-9-20-17(13-18)10-11-24-20)25-19-7-4-12-28(15-19)22-14-21(26-27-22)16-5-2-1-3-6-16/h1-3,5-6,8-11,13-14,19,24H,4,7,12,15H2,(H,25,29)(H,26,27). The molecule has 1 amide bonds. The smallest absolute Gasteiger partial charge is 0.251 e. The number of fused-ring (bicyclic) bond motifs is 1. The van der Waals surface area contributed by atoms with Gasteiger partial charge in [0.05, 0.1) is 5.69 Å². The molecule has 1 aliphatic rings. The molecule has 1 atom stereocenters. The highest BCUT2D eigenvalue weighted by Gasteiger charge is 2.23. The minimum atomic E-state index is -0.0213. The largest absolute Gasteiger partial charge is 0.361 e. The number of benzene rings is 2. The number of carbonyl (C=O) groups is 1. The van der Waals surface area contributed by atoms with Gasteiger partial charge in [-0.25, -0.2) is 0 Å². The van der Waals surface area contributed by atoms with Crippen LogP contribution in [0.2, 0.25) is 0 Å². The summed E-state index contributed by atoms with van der Waals surface area (Å²) in [6, 6.07) is 20.1. The summed E-state index contributed by atoms with van der Waals surface area (Å²) in [5, 5.41) is 11.9. The summed E-state index contributed by atoms with van der Waals surface area (Å²) < 4.78 is 0. The Morgan fingerprint density at radius 1 is 1.10 bits per heavy atom. The van der Waals surface area contributed by atoms with E-state index < -0.39 is 0 Å². The molecule has 6 heteroatoms. The zero-order valence-electron chi connectivity index (χ0n) is 16.1. The van der Waals surface area contributed by atoms with Crippen molar-refractivity contribution in [2.24, 2.45) is 0 Å². The highest BCUT2D eigenvalue weighted by molar-refractivity contribution is 5.98. The third kappa shape index (κ3) is 3.61. The van der Waals surface area contributed by atoms with Crippen molar-refractivity contribution >= 4 is 22.6 Å². The van der Waals surface area contributed by atoms with Crippen LogP contribution in [0.5, 0.6) is 0 Å². The lowest BCUT2D eigenvalue weighted by molar-refractivity contribution is 0.0933. The SMILES string of the molecule is O=C(NC1CCCN(c2cc(-c3ccccc3)[nH]n2)C1)c1ccc2[nH]ccc2c1. The van der Waals surface area contributed by atoms with E-state index in [1.807, 2.05) is 48.7 Å². The van der Waals surface area contributed by atoms with Crippen LogP contribution in [0, 0.1) is 0 Å². The molecule has 2 aromatic carbocycles. The first-order chi connectivity index (χ1) is 14.3. The molecular weight excluding hydrogens is 362 g/mol. The molecule has 3 heterocycles. The van der Waals surface area contributed by atoms with Crippen molar-refractivity contribution in [2.45, 2.75) is 18.9 Å². The zero-order chi connectivity index (χ0) is 19.6. The van der Waals surface area contributed by atoms with E-state index in [2.05, 4.69) is 43.6 Å². The molecule has 0 saturated carbocycles. The minimum Gasteiger partial charge on any atom is -0.361 e. The number of piperidine rings is 1. The van der Waals surface area contributed by atoms with Gasteiger partial charge in [-0.15, -0.1) is 0 Å². The van der Waals surface area contributed by atoms with Crippen LogP contribution in [0.3, 0.4) is 0 Å². The Labute approximate surface area is 168 Å². The van der Waals surface area contributed by atoms with Gasteiger partial charge in [0.25, 0.3) is 5.91 Å². The molecule has 5 rings (SSSR count). The van der Waals surface area contributed by atoms with Crippen molar-refractivity contribution in [3.63, 3.8) is 0 Å². The Bertz CT molecular complexity index is 1130. The minimum absolute atomic E-state index is 0.0213. The van der Waals surface area contributed by atoms with Gasteiger partial charge in [0.15, 0.2) is 5.82 Å². The normalized spacial score (nSPS) is 16.8. The number of rotatable bonds is 4. The molecule has 1 fully saturated rings. The summed E-state index contributed by atoms with van der Waals surface area (Å²) in [7, 11) is 0. The number of anilines is 1. The van der Waals surface area contributed by atoms with Gasteiger partial charge in [-0.3, -0.25) is 9.89 Å². The average Bonchev–Trinajstić information content (AvgIpc) is 3.44. The molecule has 4 aromatic rings. The summed E-state index contributed by atoms with van der Waals surface area (Å²) >= 11 is 0. The van der Waals surface area contributed by atoms with E-state index in [0.29, 0.717) is 5.56 Å². The number of hydrogen-bond donors (Lipinski definition) is 3. The summed E-state index contributed by atoms with van der Waals surface area (Å²) in [4.78, 5) is 18.1. The third-order valence-corrected chi connectivity index (χ3v) is 5.55. The number of aromatic amines is 2. The number of nitrogens with one attached hydrogen (secondary N) is 3. The lowest BCUT2D eigenvalue weighted by Crippen LogP contribution is -2.48. The maximum Gasteiger partial charge on any atom is 0.251 e. The Morgan fingerprint density at radius 2 is 2.00 bits per heavy atom. The first-order valence-corrected chi connectivity index (χ1v) is 10.00. The molecule has 6 nitrogen and oxygen atoms in total. The Balaban J connectivity index is 1.27. The van der Waals surface area contributed by atoms with Gasteiger partial charge in [0, 0.05) is 47.9 Å². The molecule has 0 bridgehead atoms. The fraction of sp³-hybridized carbons (Fsp3) is 0.217. The maximum atomic E-state index is 12.7. The molecular formula is C23H23N5O. The first kappa shape index (κ1) is 17.6. The fourth-order valence-electron chi connectivity index (χ4n) is 4.01. The van der Waals surface area contributed by atoms with Crippen LogP contribution in [0.25, 0.3) is 22.2 Å². The predicted octanol–water partition coefficient (Wildman–Crippen LogP) is 3.96. The summed E-state index contributed by atoms with van der Waals surface area (Å²) in [6.07, 6.45) is 3.89. The van der Waals surface area contributed by atoms with Crippen LogP contribution < -0.4 is 10.2 Å². The van der Waals surface area contributed by atoms with Crippen molar-refractivity contribution in [3.05, 3.63) is 72.4 Å². The molecule has 0 radical (unpaired) electrons. The Kier molecular flexibility index (Phi) is 4.52. The zero-order valence-corrected chi connectivity index (χ0v) is 16.1. The number of nitrogens with zero attached hydrogens (tertiary/aromatic N) is 2. The van der Waals surface area contributed by atoms with Gasteiger partial charge in [-0.1, -0.05) is 30.3 Å². The summed E-state index contributed by atoms with van der Waals surface area (Å²) in [5.74, 6) is 0.906. The van der Waals surface area contributed by atoms with Gasteiger partial charge in [-0.05, 0) is 42.7 Å². The molecule has 146 valence electrons. The van der Waals surface area contributed by atoms with Gasteiger partial charge in [0.2, 0.25) is 0 Å². The van der Waals surface area contributed by atoms with Gasteiger partial charge < -0.3 is 15.2 Å². The van der Waals surface area contributed by atoms with Gasteiger partial charge in [-0.2, -0.15) is 5.10 Å². The molecule has 1 aliphatic heterocycles. The van der Waals surface area contributed by atoms with Crippen LogP contribution in [0.4, 0.5) is 5.82 Å². The van der Waals surface area contributed by atoms with Crippen molar-refractivity contribution in [3.8, 4) is 11.3 Å². The van der Waals surface area contributed by atoms with Crippen LogP contribution in [0.1, 0.15) is 23.2 Å². The average molecular weight is 385 g/mol. The summed E-state index contributed by atoms with van der Waals surface area (Å²) in [5.41, 5.74) is 3.86. The monoisotopic (exact) mass is 385 g/mol. The number of amides is 1. The van der Waals surface area contributed by atoms with E-state index in [0.717, 1.165) is 53.9 Å². The second-order valence-electron chi connectivity index (χ2n) is 7.54. The maximum absolute atomic E-state index is 12.7. The highest BCUT2D eigenvalue weighted by atomic mass is 16.1. The lowest BCUT2D eigenvalue weighted by atomic mass is 10.0. The molecule has 3 N–H and O–H groups in total. The van der Waals surface area contributed by atoms with Gasteiger partial charge in [0.1, 0.15) is 0 Å². The first-order valence-electron chi connectivity index (χ1n) is 10.00. The van der Waals surface area contributed by atoms with Crippen LogP contribution in [0.15, 0.2) is 66.9 Å². The number of aromatic nitrogens is 3. The van der Waals surface area contributed by atoms with Crippen molar-refractivity contribution in [1.82, 2.24) is 20.5 Å². The van der Waals surface area contributed by atoms with Crippen molar-refractivity contribution < 1.29 is 4.79 Å². The van der Waals surface area contributed by atoms with Crippen molar-refractivity contribution in [1.29, 1.82) is 0 Å². The van der Waals surface area contributed by atoms with E-state index in [-0.39, 0.29) is 11.9 Å². The molecule has 1 saturated heterocycles. The molecule has 29 heavy (non-hydrogen) atoms. The topological polar surface area (TPSA) is 76.8 Å². The van der Waals surface area contributed by atoms with Crippen LogP contribution in [-0.4, -0.2) is 40.2 Å². The highest BCUT2D eigenvalue weighted by Crippen LogP contribution is 2.24. The quantitative estimate of drug-likeness (QED) is 0.498. The number of H-pyrrole nitrogens is 2. The van der Waals surface area contributed by atoms with E-state index in [4.69, 9.17) is 0 Å².